The molecular formula is C18H24ClN3O2S. The summed E-state index contributed by atoms with van der Waals surface area (Å²) < 4.78 is 7.09. The molecule has 0 fully saturated rings. The van der Waals surface area contributed by atoms with E-state index in [4.69, 9.17) is 22.1 Å². The minimum absolute atomic E-state index is 0.322. The number of ether oxygens (including phenoxy) is 1. The molecule has 2 N–H and O–H groups in total. The normalized spacial score (nSPS) is 12.2. The van der Waals surface area contributed by atoms with Gasteiger partial charge in [-0.25, -0.2) is 4.98 Å². The first-order chi connectivity index (χ1) is 12.1. The smallest absolute Gasteiger partial charge is 0.323 e. The maximum absolute atomic E-state index is 11.8. The third-order valence-corrected chi connectivity index (χ3v) is 5.21. The highest BCUT2D eigenvalue weighted by Gasteiger charge is 2.20. The first kappa shape index (κ1) is 19.8. The van der Waals surface area contributed by atoms with Crippen molar-refractivity contribution in [2.45, 2.75) is 44.4 Å². The highest BCUT2D eigenvalue weighted by molar-refractivity contribution is 7.99. The molecular weight excluding hydrogens is 358 g/mol. The molecule has 0 saturated carbocycles. The Labute approximate surface area is 157 Å². The van der Waals surface area contributed by atoms with Crippen molar-refractivity contribution in [1.29, 1.82) is 0 Å². The van der Waals surface area contributed by atoms with Gasteiger partial charge in [-0.05, 0) is 25.0 Å². The van der Waals surface area contributed by atoms with Crippen LogP contribution in [0.1, 0.15) is 31.5 Å². The van der Waals surface area contributed by atoms with Crippen molar-refractivity contribution < 1.29 is 9.53 Å². The van der Waals surface area contributed by atoms with Crippen LogP contribution in [0.25, 0.3) is 0 Å². The lowest BCUT2D eigenvalue weighted by Crippen LogP contribution is -2.35. The number of thioether (sulfide) groups is 1. The van der Waals surface area contributed by atoms with Crippen LogP contribution in [0.5, 0.6) is 0 Å². The zero-order valence-corrected chi connectivity index (χ0v) is 16.1. The number of aromatic nitrogens is 2. The van der Waals surface area contributed by atoms with Gasteiger partial charge in [0.1, 0.15) is 6.04 Å². The van der Waals surface area contributed by atoms with Crippen molar-refractivity contribution >= 4 is 29.3 Å². The van der Waals surface area contributed by atoms with Gasteiger partial charge in [-0.15, -0.1) is 0 Å². The lowest BCUT2D eigenvalue weighted by atomic mass is 10.1. The second kappa shape index (κ2) is 9.85. The van der Waals surface area contributed by atoms with E-state index in [1.165, 1.54) is 0 Å². The molecule has 1 aromatic carbocycles. The fourth-order valence-electron chi connectivity index (χ4n) is 2.39. The Kier molecular flexibility index (Phi) is 7.81. The Balaban J connectivity index is 2.25. The molecule has 25 heavy (non-hydrogen) atoms. The van der Waals surface area contributed by atoms with E-state index in [1.54, 1.807) is 24.9 Å². The molecule has 5 nitrogen and oxygen atoms in total. The summed E-state index contributed by atoms with van der Waals surface area (Å²) >= 11 is 8.00. The van der Waals surface area contributed by atoms with Gasteiger partial charge in [-0.3, -0.25) is 4.79 Å². The first-order valence-corrected chi connectivity index (χ1v) is 9.76. The van der Waals surface area contributed by atoms with E-state index in [1.807, 2.05) is 24.3 Å². The maximum atomic E-state index is 11.8. The molecule has 1 aromatic heterocycles. The fourth-order valence-corrected chi connectivity index (χ4v) is 3.43. The van der Waals surface area contributed by atoms with Crippen molar-refractivity contribution in [3.63, 3.8) is 0 Å². The summed E-state index contributed by atoms with van der Waals surface area (Å²) in [5.41, 5.74) is 7.90. The van der Waals surface area contributed by atoms with E-state index in [2.05, 4.69) is 16.5 Å². The van der Waals surface area contributed by atoms with Crippen molar-refractivity contribution in [2.75, 3.05) is 12.4 Å². The van der Waals surface area contributed by atoms with Crippen LogP contribution in [0.15, 0.2) is 35.6 Å². The van der Waals surface area contributed by atoms with Crippen LogP contribution in [0.2, 0.25) is 5.02 Å². The predicted octanol–water partition coefficient (Wildman–Crippen LogP) is 3.52. The van der Waals surface area contributed by atoms with Gasteiger partial charge in [0.2, 0.25) is 0 Å². The van der Waals surface area contributed by atoms with E-state index in [9.17, 15) is 4.79 Å². The SMILES string of the molecule is CCCSc1ncc(C[C@H](N)C(=O)OCC)n1Cc1ccccc1Cl. The predicted molar refractivity (Wildman–Crippen MR) is 102 cm³/mol. The van der Waals surface area contributed by atoms with Crippen LogP contribution in [-0.2, 0) is 22.5 Å². The van der Waals surface area contributed by atoms with E-state index in [-0.39, 0.29) is 0 Å². The van der Waals surface area contributed by atoms with Gasteiger partial charge in [0.25, 0.3) is 0 Å². The lowest BCUT2D eigenvalue weighted by Gasteiger charge is -2.15. The third-order valence-electron chi connectivity index (χ3n) is 3.64. The van der Waals surface area contributed by atoms with Crippen molar-refractivity contribution in [1.82, 2.24) is 9.55 Å². The number of hydrogen-bond acceptors (Lipinski definition) is 5. The van der Waals surface area contributed by atoms with Crippen LogP contribution in [-0.4, -0.2) is 33.9 Å². The van der Waals surface area contributed by atoms with Gasteiger partial charge in [-0.1, -0.05) is 48.5 Å². The minimum atomic E-state index is -0.703. The van der Waals surface area contributed by atoms with Crippen molar-refractivity contribution in [3.8, 4) is 0 Å². The molecule has 0 radical (unpaired) electrons. The van der Waals surface area contributed by atoms with Crippen LogP contribution in [0.4, 0.5) is 0 Å². The van der Waals surface area contributed by atoms with Gasteiger partial charge in [0.05, 0.1) is 13.2 Å². The van der Waals surface area contributed by atoms with Crippen LogP contribution >= 0.6 is 23.4 Å². The van der Waals surface area contributed by atoms with Gasteiger partial charge >= 0.3 is 5.97 Å². The molecule has 1 heterocycles. The Bertz CT molecular complexity index is 705. The number of rotatable bonds is 9. The maximum Gasteiger partial charge on any atom is 0.323 e. The Morgan fingerprint density at radius 3 is 2.84 bits per heavy atom. The van der Waals surface area contributed by atoms with E-state index < -0.39 is 12.0 Å². The summed E-state index contributed by atoms with van der Waals surface area (Å²) in [6.07, 6.45) is 3.22. The average Bonchev–Trinajstić information content (AvgIpc) is 2.97. The van der Waals surface area contributed by atoms with Gasteiger partial charge in [0.15, 0.2) is 5.16 Å². The Hall–Kier alpha value is -1.50. The van der Waals surface area contributed by atoms with Crippen molar-refractivity contribution in [3.05, 3.63) is 46.7 Å². The van der Waals surface area contributed by atoms with E-state index in [0.29, 0.717) is 24.6 Å². The quantitative estimate of drug-likeness (QED) is 0.531. The minimum Gasteiger partial charge on any atom is -0.465 e. The number of hydrogen-bond donors (Lipinski definition) is 1. The molecule has 0 aliphatic heterocycles. The molecule has 0 aliphatic rings. The highest BCUT2D eigenvalue weighted by atomic mass is 35.5. The second-order valence-electron chi connectivity index (χ2n) is 5.62. The van der Waals surface area contributed by atoms with Crippen molar-refractivity contribution in [2.24, 2.45) is 5.73 Å². The monoisotopic (exact) mass is 381 g/mol. The molecule has 7 heteroatoms. The summed E-state index contributed by atoms with van der Waals surface area (Å²) in [6.45, 7) is 4.82. The molecule has 0 spiro atoms. The molecule has 0 amide bonds. The van der Waals surface area contributed by atoms with Gasteiger partial charge in [0, 0.05) is 29.1 Å². The number of carbonyl (C=O) groups is 1. The number of nitrogens with two attached hydrogens (primary N) is 1. The first-order valence-electron chi connectivity index (χ1n) is 8.39. The zero-order chi connectivity index (χ0) is 18.2. The topological polar surface area (TPSA) is 70.1 Å². The van der Waals surface area contributed by atoms with Crippen LogP contribution in [0, 0.1) is 0 Å². The van der Waals surface area contributed by atoms with Gasteiger partial charge in [-0.2, -0.15) is 0 Å². The molecule has 0 unspecified atom stereocenters. The molecule has 2 rings (SSSR count). The highest BCUT2D eigenvalue weighted by Crippen LogP contribution is 2.24. The van der Waals surface area contributed by atoms with E-state index in [0.717, 1.165) is 28.6 Å². The lowest BCUT2D eigenvalue weighted by molar-refractivity contribution is -0.144. The number of carbonyl (C=O) groups excluding carboxylic acids is 1. The molecule has 0 aliphatic carbocycles. The largest absolute Gasteiger partial charge is 0.465 e. The van der Waals surface area contributed by atoms with Crippen LogP contribution < -0.4 is 5.73 Å². The number of imidazole rings is 1. The second-order valence-corrected chi connectivity index (χ2v) is 7.09. The summed E-state index contributed by atoms with van der Waals surface area (Å²) in [5, 5.41) is 1.62. The Morgan fingerprint density at radius 2 is 2.16 bits per heavy atom. The molecule has 1 atom stereocenters. The number of benzene rings is 1. The van der Waals surface area contributed by atoms with Gasteiger partial charge < -0.3 is 15.0 Å². The summed E-state index contributed by atoms with van der Waals surface area (Å²) in [4.78, 5) is 16.4. The fraction of sp³-hybridized carbons (Fsp3) is 0.444. The van der Waals surface area contributed by atoms with E-state index >= 15 is 0 Å². The number of esters is 1. The number of nitrogens with zero attached hydrogens (tertiary/aromatic N) is 2. The summed E-state index contributed by atoms with van der Waals surface area (Å²) in [6, 6.07) is 7.03. The zero-order valence-electron chi connectivity index (χ0n) is 14.6. The Morgan fingerprint density at radius 1 is 1.40 bits per heavy atom. The molecule has 2 aromatic rings. The van der Waals surface area contributed by atoms with Crippen LogP contribution in [0.3, 0.4) is 0 Å². The summed E-state index contributed by atoms with van der Waals surface area (Å²) in [7, 11) is 0. The molecule has 0 saturated heterocycles. The average molecular weight is 382 g/mol. The molecule has 0 bridgehead atoms. The molecule has 136 valence electrons. The standard InChI is InChI=1S/C18H24ClN3O2S/c1-3-9-25-18-21-11-14(10-16(20)17(23)24-4-2)22(18)12-13-7-5-6-8-15(13)19/h5-8,11,16H,3-4,9-10,12,20H2,1-2H3/t16-/m0/s1. The summed E-state index contributed by atoms with van der Waals surface area (Å²) in [5.74, 6) is 0.582. The number of halogens is 1. The third kappa shape index (κ3) is 5.49.